The molecule has 0 amide bonds. The molecule has 0 saturated carbocycles. The van der Waals surface area contributed by atoms with Crippen LogP contribution >= 0.6 is 0 Å². The van der Waals surface area contributed by atoms with Crippen molar-refractivity contribution in [1.29, 1.82) is 5.26 Å². The van der Waals surface area contributed by atoms with Gasteiger partial charge in [0, 0.05) is 7.05 Å². The maximum absolute atomic E-state index is 9.22. The Hall–Kier alpha value is -2.28. The first-order valence-corrected chi connectivity index (χ1v) is 6.62. The molecule has 0 bridgehead atoms. The van der Waals surface area contributed by atoms with Crippen LogP contribution in [0.15, 0.2) is 18.2 Å². The molecule has 0 radical (unpaired) electrons. The summed E-state index contributed by atoms with van der Waals surface area (Å²) in [7, 11) is 3.55. The van der Waals surface area contributed by atoms with Crippen LogP contribution < -0.4 is 4.74 Å². The van der Waals surface area contributed by atoms with Crippen LogP contribution in [0.3, 0.4) is 0 Å². The van der Waals surface area contributed by atoms with Crippen molar-refractivity contribution in [3.05, 3.63) is 46.5 Å². The van der Waals surface area contributed by atoms with Gasteiger partial charge in [-0.1, -0.05) is 17.7 Å². The fourth-order valence-electron chi connectivity index (χ4n) is 2.35. The molecule has 0 N–H and O–H groups in total. The lowest BCUT2D eigenvalue weighted by molar-refractivity contribution is 0.409. The summed E-state index contributed by atoms with van der Waals surface area (Å²) in [6, 6.07) is 8.38. The molecule has 0 aliphatic carbocycles. The predicted octanol–water partition coefficient (Wildman–Crippen LogP) is 2.70. The van der Waals surface area contributed by atoms with Crippen LogP contribution in [0.2, 0.25) is 0 Å². The third-order valence-corrected chi connectivity index (χ3v) is 3.56. The molecule has 1 aromatic heterocycles. The summed E-state index contributed by atoms with van der Waals surface area (Å²) in [5.41, 5.74) is 3.86. The average Bonchev–Trinajstić information content (AvgIpc) is 2.71. The number of benzene rings is 1. The minimum atomic E-state index is 0.647. The Balaban J connectivity index is 2.23. The molecule has 4 nitrogen and oxygen atoms in total. The Bertz CT molecular complexity index is 665. The maximum atomic E-state index is 9.22. The van der Waals surface area contributed by atoms with Gasteiger partial charge >= 0.3 is 0 Å². The number of ether oxygens (including phenoxy) is 1. The molecule has 4 heteroatoms. The predicted molar refractivity (Wildman–Crippen MR) is 77.8 cm³/mol. The van der Waals surface area contributed by atoms with Crippen molar-refractivity contribution in [2.45, 2.75) is 26.7 Å². The average molecular weight is 269 g/mol. The second-order valence-electron chi connectivity index (χ2n) is 4.94. The highest BCUT2D eigenvalue weighted by molar-refractivity contribution is 5.38. The molecule has 0 saturated heterocycles. The molecule has 2 rings (SSSR count). The second kappa shape index (κ2) is 5.79. The first kappa shape index (κ1) is 14.1. The Labute approximate surface area is 119 Å². The number of nitriles is 1. The van der Waals surface area contributed by atoms with E-state index >= 15 is 0 Å². The fourth-order valence-corrected chi connectivity index (χ4v) is 2.35. The maximum Gasteiger partial charge on any atom is 0.143 e. The number of aromatic nitrogens is 2. The summed E-state index contributed by atoms with van der Waals surface area (Å²) < 4.78 is 7.22. The van der Waals surface area contributed by atoms with Crippen LogP contribution in [-0.4, -0.2) is 16.7 Å². The molecule has 20 heavy (non-hydrogen) atoms. The lowest BCUT2D eigenvalue weighted by Gasteiger charge is -2.08. The first-order valence-electron chi connectivity index (χ1n) is 6.62. The van der Waals surface area contributed by atoms with Crippen molar-refractivity contribution in [3.63, 3.8) is 0 Å². The molecule has 104 valence electrons. The Morgan fingerprint density at radius 2 is 2.05 bits per heavy atom. The highest BCUT2D eigenvalue weighted by Crippen LogP contribution is 2.22. The van der Waals surface area contributed by atoms with Crippen LogP contribution in [0, 0.1) is 25.2 Å². The lowest BCUT2D eigenvalue weighted by Crippen LogP contribution is -1.99. The minimum Gasteiger partial charge on any atom is -0.496 e. The minimum absolute atomic E-state index is 0.647. The first-order chi connectivity index (χ1) is 9.56. The van der Waals surface area contributed by atoms with E-state index in [0.717, 1.165) is 35.7 Å². The number of nitrogens with zero attached hydrogens (tertiary/aromatic N) is 3. The van der Waals surface area contributed by atoms with Gasteiger partial charge in [0.05, 0.1) is 12.8 Å². The van der Waals surface area contributed by atoms with E-state index in [4.69, 9.17) is 4.74 Å². The van der Waals surface area contributed by atoms with E-state index in [2.05, 4.69) is 24.0 Å². The Morgan fingerprint density at radius 3 is 2.70 bits per heavy atom. The van der Waals surface area contributed by atoms with Crippen LogP contribution in [0.5, 0.6) is 5.75 Å². The third kappa shape index (κ3) is 2.67. The van der Waals surface area contributed by atoms with Gasteiger partial charge in [0.15, 0.2) is 0 Å². The Kier molecular flexibility index (Phi) is 4.09. The number of methoxy groups -OCH3 is 1. The molecule has 1 aromatic carbocycles. The highest BCUT2D eigenvalue weighted by Gasteiger charge is 2.12. The number of aryl methyl sites for hydroxylation is 4. The quantitative estimate of drug-likeness (QED) is 0.857. The summed E-state index contributed by atoms with van der Waals surface area (Å²) in [6.45, 7) is 3.98. The number of imidazole rings is 1. The van der Waals surface area contributed by atoms with Crippen LogP contribution in [0.1, 0.15) is 28.3 Å². The van der Waals surface area contributed by atoms with E-state index < -0.39 is 0 Å². The van der Waals surface area contributed by atoms with E-state index in [1.54, 1.807) is 7.11 Å². The van der Waals surface area contributed by atoms with Gasteiger partial charge in [-0.15, -0.1) is 0 Å². The standard InChI is InChI=1S/C16H19N3O/c1-11-5-8-16(20-4)13(9-11)6-7-14-15(10-17)19(3)12(2)18-14/h5,8-9H,6-7H2,1-4H3. The van der Waals surface area contributed by atoms with Gasteiger partial charge < -0.3 is 9.30 Å². The topological polar surface area (TPSA) is 50.8 Å². The lowest BCUT2D eigenvalue weighted by atomic mass is 10.0. The zero-order valence-electron chi connectivity index (χ0n) is 12.4. The van der Waals surface area contributed by atoms with E-state index in [1.165, 1.54) is 5.56 Å². The van der Waals surface area contributed by atoms with E-state index in [-0.39, 0.29) is 0 Å². The molecule has 0 atom stereocenters. The molecule has 2 aromatic rings. The molecular formula is C16H19N3O. The SMILES string of the molecule is COc1ccc(C)cc1CCc1nc(C)n(C)c1C#N. The zero-order valence-corrected chi connectivity index (χ0v) is 12.4. The van der Waals surface area contributed by atoms with Gasteiger partial charge in [-0.25, -0.2) is 4.98 Å². The molecule has 0 fully saturated rings. The third-order valence-electron chi connectivity index (χ3n) is 3.56. The fraction of sp³-hybridized carbons (Fsp3) is 0.375. The number of rotatable bonds is 4. The van der Waals surface area contributed by atoms with Crippen molar-refractivity contribution < 1.29 is 4.74 Å². The number of hydrogen-bond acceptors (Lipinski definition) is 3. The van der Waals surface area contributed by atoms with Crippen molar-refractivity contribution in [1.82, 2.24) is 9.55 Å². The summed E-state index contributed by atoms with van der Waals surface area (Å²) in [6.07, 6.45) is 1.56. The van der Waals surface area contributed by atoms with E-state index in [0.29, 0.717) is 5.69 Å². The zero-order chi connectivity index (χ0) is 14.7. The van der Waals surface area contributed by atoms with Crippen LogP contribution in [0.25, 0.3) is 0 Å². The number of hydrogen-bond donors (Lipinski definition) is 0. The Morgan fingerprint density at radius 1 is 1.30 bits per heavy atom. The van der Waals surface area contributed by atoms with Gasteiger partial charge in [0.1, 0.15) is 23.3 Å². The van der Waals surface area contributed by atoms with Crippen molar-refractivity contribution in [3.8, 4) is 11.8 Å². The van der Waals surface area contributed by atoms with Gasteiger partial charge in [0.2, 0.25) is 0 Å². The van der Waals surface area contributed by atoms with Gasteiger partial charge in [-0.05, 0) is 38.3 Å². The van der Waals surface area contributed by atoms with Crippen LogP contribution in [-0.2, 0) is 19.9 Å². The molecule has 0 aliphatic rings. The van der Waals surface area contributed by atoms with Crippen molar-refractivity contribution in [2.75, 3.05) is 7.11 Å². The molecule has 0 aliphatic heterocycles. The van der Waals surface area contributed by atoms with Crippen molar-refractivity contribution >= 4 is 0 Å². The van der Waals surface area contributed by atoms with Gasteiger partial charge in [-0.3, -0.25) is 0 Å². The normalized spacial score (nSPS) is 10.3. The molecular weight excluding hydrogens is 250 g/mol. The molecule has 1 heterocycles. The van der Waals surface area contributed by atoms with Gasteiger partial charge in [-0.2, -0.15) is 5.26 Å². The summed E-state index contributed by atoms with van der Waals surface area (Å²) in [4.78, 5) is 4.47. The largest absolute Gasteiger partial charge is 0.496 e. The molecule has 0 spiro atoms. The van der Waals surface area contributed by atoms with Crippen molar-refractivity contribution in [2.24, 2.45) is 7.05 Å². The summed E-state index contributed by atoms with van der Waals surface area (Å²) in [5, 5.41) is 9.22. The summed E-state index contributed by atoms with van der Waals surface area (Å²) in [5.74, 6) is 1.76. The van der Waals surface area contributed by atoms with Gasteiger partial charge in [0.25, 0.3) is 0 Å². The van der Waals surface area contributed by atoms with Crippen LogP contribution in [0.4, 0.5) is 0 Å². The highest BCUT2D eigenvalue weighted by atomic mass is 16.5. The van der Waals surface area contributed by atoms with E-state index in [1.807, 2.05) is 30.7 Å². The second-order valence-corrected chi connectivity index (χ2v) is 4.94. The molecule has 0 unspecified atom stereocenters. The van der Waals surface area contributed by atoms with E-state index in [9.17, 15) is 5.26 Å². The summed E-state index contributed by atoms with van der Waals surface area (Å²) >= 11 is 0. The monoisotopic (exact) mass is 269 g/mol. The smallest absolute Gasteiger partial charge is 0.143 e.